The summed E-state index contributed by atoms with van der Waals surface area (Å²) in [7, 11) is 0. The Balaban J connectivity index is 1.75. The van der Waals surface area contributed by atoms with Crippen LogP contribution in [-0.4, -0.2) is 0 Å². The molecule has 0 N–H and O–H groups in total. The molecule has 0 bridgehead atoms. The Labute approximate surface area is 147 Å². The topological polar surface area (TPSA) is 9.23 Å². The van der Waals surface area contributed by atoms with Gasteiger partial charge in [0, 0.05) is 22.9 Å². The predicted molar refractivity (Wildman–Crippen MR) is 102 cm³/mol. The molecular formula is C24H18O. The van der Waals surface area contributed by atoms with Crippen molar-refractivity contribution in [2.75, 3.05) is 0 Å². The number of ether oxygens (including phenoxy) is 1. The molecule has 25 heavy (non-hydrogen) atoms. The van der Waals surface area contributed by atoms with Crippen LogP contribution in [0.4, 0.5) is 0 Å². The molecule has 1 aliphatic heterocycles. The van der Waals surface area contributed by atoms with Crippen LogP contribution in [0.1, 0.15) is 16.7 Å². The summed E-state index contributed by atoms with van der Waals surface area (Å²) in [5.41, 5.74) is 3.20. The number of rotatable bonds is 2. The van der Waals surface area contributed by atoms with E-state index >= 15 is 0 Å². The zero-order valence-electron chi connectivity index (χ0n) is 13.9. The van der Waals surface area contributed by atoms with E-state index in [4.69, 9.17) is 4.74 Å². The lowest BCUT2D eigenvalue weighted by molar-refractivity contribution is 0.142. The van der Waals surface area contributed by atoms with Crippen molar-refractivity contribution in [2.45, 2.75) is 12.0 Å². The van der Waals surface area contributed by atoms with Crippen LogP contribution < -0.4 is 4.74 Å². The lowest BCUT2D eigenvalue weighted by Gasteiger charge is -2.30. The molecule has 0 fully saturated rings. The van der Waals surface area contributed by atoms with E-state index in [0.717, 1.165) is 12.2 Å². The normalized spacial score (nSPS) is 14.9. The van der Waals surface area contributed by atoms with E-state index in [1.54, 1.807) is 0 Å². The minimum absolute atomic E-state index is 0.463. The Morgan fingerprint density at radius 1 is 0.600 bits per heavy atom. The molecule has 0 spiro atoms. The van der Waals surface area contributed by atoms with E-state index < -0.39 is 5.60 Å². The second-order valence-electron chi connectivity index (χ2n) is 6.61. The van der Waals surface area contributed by atoms with Crippen LogP contribution in [0, 0.1) is 0 Å². The highest BCUT2D eigenvalue weighted by atomic mass is 16.5. The molecule has 5 rings (SSSR count). The highest BCUT2D eigenvalue weighted by molar-refractivity contribution is 5.90. The Morgan fingerprint density at radius 2 is 1.20 bits per heavy atom. The van der Waals surface area contributed by atoms with E-state index in [9.17, 15) is 0 Å². The minimum Gasteiger partial charge on any atom is -0.477 e. The van der Waals surface area contributed by atoms with Crippen LogP contribution >= 0.6 is 0 Å². The zero-order valence-corrected chi connectivity index (χ0v) is 13.9. The smallest absolute Gasteiger partial charge is 0.163 e. The summed E-state index contributed by atoms with van der Waals surface area (Å²) in [4.78, 5) is 0. The Morgan fingerprint density at radius 3 is 1.88 bits per heavy atom. The fourth-order valence-electron chi connectivity index (χ4n) is 3.93. The average Bonchev–Trinajstić information content (AvgIpc) is 3.11. The van der Waals surface area contributed by atoms with Gasteiger partial charge in [0.05, 0.1) is 0 Å². The second-order valence-corrected chi connectivity index (χ2v) is 6.61. The van der Waals surface area contributed by atoms with Gasteiger partial charge in [0.15, 0.2) is 5.60 Å². The van der Waals surface area contributed by atoms with Crippen molar-refractivity contribution in [3.63, 3.8) is 0 Å². The maximum atomic E-state index is 6.78. The highest BCUT2D eigenvalue weighted by Gasteiger charge is 2.43. The van der Waals surface area contributed by atoms with Gasteiger partial charge in [-0.25, -0.2) is 0 Å². The molecule has 0 saturated heterocycles. The van der Waals surface area contributed by atoms with Crippen LogP contribution in [0.15, 0.2) is 97.1 Å². The first-order valence-electron chi connectivity index (χ1n) is 8.67. The van der Waals surface area contributed by atoms with Gasteiger partial charge < -0.3 is 4.74 Å². The predicted octanol–water partition coefficient (Wildman–Crippen LogP) is 5.72. The molecule has 0 aliphatic carbocycles. The van der Waals surface area contributed by atoms with Crippen molar-refractivity contribution >= 4 is 10.8 Å². The molecule has 0 aromatic heterocycles. The minimum atomic E-state index is -0.463. The van der Waals surface area contributed by atoms with E-state index in [-0.39, 0.29) is 0 Å². The third-order valence-corrected chi connectivity index (χ3v) is 5.16. The Kier molecular flexibility index (Phi) is 3.14. The monoisotopic (exact) mass is 322 g/mol. The first-order chi connectivity index (χ1) is 12.4. The highest BCUT2D eigenvalue weighted by Crippen LogP contribution is 2.48. The molecule has 0 radical (unpaired) electrons. The molecule has 4 aromatic rings. The maximum Gasteiger partial charge on any atom is 0.163 e. The summed E-state index contributed by atoms with van der Waals surface area (Å²) in [6.45, 7) is 0. The summed E-state index contributed by atoms with van der Waals surface area (Å²) in [5, 5.41) is 2.41. The fraction of sp³-hybridized carbons (Fsp3) is 0.0833. The first-order valence-corrected chi connectivity index (χ1v) is 8.67. The van der Waals surface area contributed by atoms with Crippen molar-refractivity contribution < 1.29 is 4.74 Å². The molecule has 0 saturated carbocycles. The van der Waals surface area contributed by atoms with Crippen molar-refractivity contribution in [3.05, 3.63) is 114 Å². The van der Waals surface area contributed by atoms with Crippen molar-refractivity contribution in [3.8, 4) is 5.75 Å². The summed E-state index contributed by atoms with van der Waals surface area (Å²) >= 11 is 0. The van der Waals surface area contributed by atoms with Crippen LogP contribution in [0.2, 0.25) is 0 Å². The number of fused-ring (bicyclic) bond motifs is 3. The van der Waals surface area contributed by atoms with Crippen LogP contribution in [0.25, 0.3) is 10.8 Å². The molecule has 120 valence electrons. The Hall–Kier alpha value is -3.06. The first kappa shape index (κ1) is 14.3. The molecule has 1 nitrogen and oxygen atoms in total. The lowest BCUT2D eigenvalue weighted by atomic mass is 9.83. The number of benzene rings is 4. The summed E-state index contributed by atoms with van der Waals surface area (Å²) in [5.74, 6) is 1.02. The second kappa shape index (κ2) is 5.49. The molecule has 0 amide bonds. The molecule has 0 atom stereocenters. The van der Waals surface area contributed by atoms with Crippen molar-refractivity contribution in [1.29, 1.82) is 0 Å². The van der Waals surface area contributed by atoms with Gasteiger partial charge in [0.2, 0.25) is 0 Å². The number of hydrogen-bond donors (Lipinski definition) is 0. The van der Waals surface area contributed by atoms with Gasteiger partial charge >= 0.3 is 0 Å². The third-order valence-electron chi connectivity index (χ3n) is 5.16. The van der Waals surface area contributed by atoms with Crippen LogP contribution in [0.5, 0.6) is 5.75 Å². The molecule has 1 heteroatoms. The van der Waals surface area contributed by atoms with Gasteiger partial charge in [0.25, 0.3) is 0 Å². The van der Waals surface area contributed by atoms with Gasteiger partial charge in [0.1, 0.15) is 5.75 Å². The largest absolute Gasteiger partial charge is 0.477 e. The maximum absolute atomic E-state index is 6.78. The lowest BCUT2D eigenvalue weighted by Crippen LogP contribution is -2.32. The molecular weight excluding hydrogens is 304 g/mol. The van der Waals surface area contributed by atoms with Crippen molar-refractivity contribution in [1.82, 2.24) is 0 Å². The average molecular weight is 322 g/mol. The quantitative estimate of drug-likeness (QED) is 0.459. The van der Waals surface area contributed by atoms with E-state index in [1.807, 2.05) is 0 Å². The van der Waals surface area contributed by atoms with Gasteiger partial charge in [-0.3, -0.25) is 0 Å². The van der Waals surface area contributed by atoms with Gasteiger partial charge in [-0.2, -0.15) is 0 Å². The molecule has 0 unspecified atom stereocenters. The van der Waals surface area contributed by atoms with Crippen LogP contribution in [0.3, 0.4) is 0 Å². The standard InChI is InChI=1S/C24H18O/c1-3-10-20(11-4-1)24(21-12-5-2-6-13-21)17-19-16-15-18-9-7-8-14-22(18)23(19)25-24/h1-16H,17H2. The van der Waals surface area contributed by atoms with Gasteiger partial charge in [-0.05, 0) is 10.9 Å². The van der Waals surface area contributed by atoms with E-state index in [2.05, 4.69) is 97.1 Å². The number of hydrogen-bond acceptors (Lipinski definition) is 1. The summed E-state index contributed by atoms with van der Waals surface area (Å²) < 4.78 is 6.78. The van der Waals surface area contributed by atoms with Crippen LogP contribution in [-0.2, 0) is 12.0 Å². The zero-order chi connectivity index (χ0) is 16.7. The molecule has 1 aliphatic rings. The van der Waals surface area contributed by atoms with E-state index in [1.165, 1.54) is 27.5 Å². The summed E-state index contributed by atoms with van der Waals surface area (Å²) in [6.07, 6.45) is 0.848. The summed E-state index contributed by atoms with van der Waals surface area (Å²) in [6, 6.07) is 34.0. The Bertz CT molecular complexity index is 996. The van der Waals surface area contributed by atoms with Crippen molar-refractivity contribution in [2.24, 2.45) is 0 Å². The molecule has 4 aromatic carbocycles. The van der Waals surface area contributed by atoms with E-state index in [0.29, 0.717) is 0 Å². The SMILES string of the molecule is c1ccc(C2(c3ccccc3)Cc3ccc4ccccc4c3O2)cc1. The fourth-order valence-corrected chi connectivity index (χ4v) is 3.93. The van der Waals surface area contributed by atoms with Gasteiger partial charge in [-0.15, -0.1) is 0 Å². The van der Waals surface area contributed by atoms with Gasteiger partial charge in [-0.1, -0.05) is 97.1 Å². The molecule has 1 heterocycles. The third kappa shape index (κ3) is 2.16.